The number of nitro benzene ring substituents is 1. The second-order valence-corrected chi connectivity index (χ2v) is 7.91. The summed E-state index contributed by atoms with van der Waals surface area (Å²) in [5.41, 5.74) is 0.0775. The maximum absolute atomic E-state index is 10.9. The summed E-state index contributed by atoms with van der Waals surface area (Å²) in [5, 5.41) is 28.0. The first-order valence-corrected chi connectivity index (χ1v) is 9.94. The van der Waals surface area contributed by atoms with Gasteiger partial charge in [0.15, 0.2) is 0 Å². The Morgan fingerprint density at radius 1 is 1.26 bits per heavy atom. The zero-order valence-electron chi connectivity index (χ0n) is 16.3. The number of aliphatic carboxylic acids is 2. The van der Waals surface area contributed by atoms with Gasteiger partial charge in [-0.3, -0.25) is 19.7 Å². The van der Waals surface area contributed by atoms with Crippen molar-refractivity contribution in [3.8, 4) is 0 Å². The van der Waals surface area contributed by atoms with Gasteiger partial charge in [-0.2, -0.15) is 0 Å². The van der Waals surface area contributed by atoms with Gasteiger partial charge in [0.25, 0.3) is 5.69 Å². The molecule has 0 spiro atoms. The van der Waals surface area contributed by atoms with Gasteiger partial charge in [0, 0.05) is 17.4 Å². The van der Waals surface area contributed by atoms with E-state index in [0.717, 1.165) is 31.0 Å². The number of carboxylic acid groups (broad SMARTS) is 2. The molecule has 0 heterocycles. The van der Waals surface area contributed by atoms with Crippen LogP contribution in [0.25, 0.3) is 0 Å². The molecule has 0 radical (unpaired) electrons. The second kappa shape index (κ2) is 12.3. The Kier molecular flexibility index (Phi) is 11.4. The lowest BCUT2D eigenvalue weighted by Crippen LogP contribution is -2.26. The number of carbonyl (C=O) groups is 2. The molecule has 1 atom stereocenters. The molecule has 0 bridgehead atoms. The van der Waals surface area contributed by atoms with Crippen molar-refractivity contribution >= 4 is 29.4 Å². The summed E-state index contributed by atoms with van der Waals surface area (Å²) < 4.78 is 0. The fourth-order valence-corrected chi connectivity index (χ4v) is 2.84. The van der Waals surface area contributed by atoms with Crippen molar-refractivity contribution < 1.29 is 24.7 Å². The molecule has 1 unspecified atom stereocenters. The highest BCUT2D eigenvalue weighted by atomic mass is 32.2. The molecule has 0 aliphatic rings. The van der Waals surface area contributed by atoms with Crippen LogP contribution in [0.5, 0.6) is 0 Å². The van der Waals surface area contributed by atoms with Crippen LogP contribution in [0.4, 0.5) is 5.69 Å². The second-order valence-electron chi connectivity index (χ2n) is 6.92. The Labute approximate surface area is 164 Å². The van der Waals surface area contributed by atoms with E-state index in [1.807, 2.05) is 13.8 Å². The molecule has 2 N–H and O–H groups in total. The van der Waals surface area contributed by atoms with Crippen molar-refractivity contribution in [1.82, 2.24) is 0 Å². The molecule has 0 fully saturated rings. The van der Waals surface area contributed by atoms with Crippen molar-refractivity contribution in [1.29, 1.82) is 0 Å². The number of hydrogen-bond acceptors (Lipinski definition) is 5. The average molecular weight is 400 g/mol. The van der Waals surface area contributed by atoms with E-state index >= 15 is 0 Å². The highest BCUT2D eigenvalue weighted by Gasteiger charge is 2.30. The molecule has 8 heteroatoms. The van der Waals surface area contributed by atoms with E-state index in [0.29, 0.717) is 17.2 Å². The van der Waals surface area contributed by atoms with Gasteiger partial charge < -0.3 is 10.2 Å². The lowest BCUT2D eigenvalue weighted by Gasteiger charge is -2.23. The number of benzene rings is 1. The zero-order chi connectivity index (χ0) is 21.0. The Morgan fingerprint density at radius 3 is 2.30 bits per heavy atom. The summed E-state index contributed by atoms with van der Waals surface area (Å²) in [6, 6.07) is 6.33. The van der Waals surface area contributed by atoms with E-state index in [4.69, 9.17) is 10.2 Å². The molecule has 0 saturated heterocycles. The standard InChI is InChI=1S/C10H20O2.C9H9NO4S/c1-5-10(4,9(11)12)7-6-8(2)3;11-9(12)6-15-5-7-3-1-2-4-8(7)10(13)14/h8H,5-7H2,1-4H3,(H,11,12);1-4H,5-6H2,(H,11,12). The van der Waals surface area contributed by atoms with Crippen molar-refractivity contribution in [3.63, 3.8) is 0 Å². The lowest BCUT2D eigenvalue weighted by molar-refractivity contribution is -0.385. The normalized spacial score (nSPS) is 12.6. The summed E-state index contributed by atoms with van der Waals surface area (Å²) in [5.74, 6) is -0.699. The van der Waals surface area contributed by atoms with Gasteiger partial charge in [0.2, 0.25) is 0 Å². The van der Waals surface area contributed by atoms with E-state index < -0.39 is 22.3 Å². The van der Waals surface area contributed by atoms with Crippen LogP contribution in [0.2, 0.25) is 0 Å². The topological polar surface area (TPSA) is 118 Å². The number of nitro groups is 1. The number of carboxylic acids is 2. The molecule has 152 valence electrons. The monoisotopic (exact) mass is 399 g/mol. The van der Waals surface area contributed by atoms with Gasteiger partial charge in [0.05, 0.1) is 16.1 Å². The molecular weight excluding hydrogens is 370 g/mol. The molecule has 0 amide bonds. The van der Waals surface area contributed by atoms with Crippen LogP contribution >= 0.6 is 11.8 Å². The van der Waals surface area contributed by atoms with E-state index in [2.05, 4.69) is 13.8 Å². The fourth-order valence-electron chi connectivity index (χ4n) is 2.10. The Hall–Kier alpha value is -2.09. The van der Waals surface area contributed by atoms with E-state index in [9.17, 15) is 19.7 Å². The van der Waals surface area contributed by atoms with Crippen LogP contribution in [0.15, 0.2) is 24.3 Å². The van der Waals surface area contributed by atoms with Gasteiger partial charge >= 0.3 is 11.9 Å². The summed E-state index contributed by atoms with van der Waals surface area (Å²) in [7, 11) is 0. The minimum Gasteiger partial charge on any atom is -0.481 e. The summed E-state index contributed by atoms with van der Waals surface area (Å²) in [6.07, 6.45) is 2.50. The third-order valence-corrected chi connectivity index (χ3v) is 5.21. The molecule has 1 aromatic carbocycles. The smallest absolute Gasteiger partial charge is 0.313 e. The average Bonchev–Trinajstić information content (AvgIpc) is 2.60. The van der Waals surface area contributed by atoms with Gasteiger partial charge in [-0.05, 0) is 32.1 Å². The van der Waals surface area contributed by atoms with Crippen molar-refractivity contribution in [2.75, 3.05) is 5.75 Å². The third kappa shape index (κ3) is 9.98. The highest BCUT2D eigenvalue weighted by Crippen LogP contribution is 2.29. The molecule has 0 aliphatic heterocycles. The van der Waals surface area contributed by atoms with E-state index in [-0.39, 0.29) is 11.4 Å². The molecule has 0 aliphatic carbocycles. The molecule has 0 saturated carbocycles. The first-order valence-electron chi connectivity index (χ1n) is 8.78. The van der Waals surface area contributed by atoms with Gasteiger partial charge in [0.1, 0.15) is 0 Å². The molecular formula is C19H29NO6S. The highest BCUT2D eigenvalue weighted by molar-refractivity contribution is 7.99. The van der Waals surface area contributed by atoms with E-state index in [1.54, 1.807) is 18.2 Å². The maximum Gasteiger partial charge on any atom is 0.313 e. The molecule has 1 aromatic rings. The summed E-state index contributed by atoms with van der Waals surface area (Å²) in [4.78, 5) is 31.3. The molecule has 0 aromatic heterocycles. The molecule has 1 rings (SSSR count). The van der Waals surface area contributed by atoms with Gasteiger partial charge in [-0.25, -0.2) is 0 Å². The van der Waals surface area contributed by atoms with E-state index in [1.165, 1.54) is 6.07 Å². The Balaban J connectivity index is 0.000000516. The molecule has 7 nitrogen and oxygen atoms in total. The predicted octanol–water partition coefficient (Wildman–Crippen LogP) is 4.84. The largest absolute Gasteiger partial charge is 0.481 e. The van der Waals surface area contributed by atoms with Crippen LogP contribution in [0.1, 0.15) is 52.5 Å². The first-order chi connectivity index (χ1) is 12.5. The number of nitrogens with zero attached hydrogens (tertiary/aromatic N) is 1. The SMILES string of the molecule is CCC(C)(CCC(C)C)C(=O)O.O=C(O)CSCc1ccccc1[N+](=O)[O-]. The number of para-hydroxylation sites is 1. The van der Waals surface area contributed by atoms with Crippen molar-refractivity contribution in [3.05, 3.63) is 39.9 Å². The fraction of sp³-hybridized carbons (Fsp3) is 0.579. The predicted molar refractivity (Wildman–Crippen MR) is 107 cm³/mol. The van der Waals surface area contributed by atoms with Crippen LogP contribution in [-0.2, 0) is 15.3 Å². The first kappa shape index (κ1) is 24.9. The zero-order valence-corrected chi connectivity index (χ0v) is 17.1. The van der Waals surface area contributed by atoms with Crippen LogP contribution in [-0.4, -0.2) is 32.8 Å². The lowest BCUT2D eigenvalue weighted by atomic mass is 9.81. The maximum atomic E-state index is 10.9. The van der Waals surface area contributed by atoms with Gasteiger partial charge in [-0.15, -0.1) is 11.8 Å². The number of hydrogen-bond donors (Lipinski definition) is 2. The molecule has 27 heavy (non-hydrogen) atoms. The quantitative estimate of drug-likeness (QED) is 0.427. The number of rotatable bonds is 10. The van der Waals surface area contributed by atoms with Crippen molar-refractivity contribution in [2.24, 2.45) is 11.3 Å². The van der Waals surface area contributed by atoms with Crippen LogP contribution in [0, 0.1) is 21.4 Å². The third-order valence-electron chi connectivity index (χ3n) is 4.24. The minimum atomic E-state index is -0.918. The van der Waals surface area contributed by atoms with Gasteiger partial charge in [-0.1, -0.05) is 39.0 Å². The summed E-state index contributed by atoms with van der Waals surface area (Å²) in [6.45, 7) is 8.02. The number of thioether (sulfide) groups is 1. The van der Waals surface area contributed by atoms with Crippen LogP contribution < -0.4 is 0 Å². The Morgan fingerprint density at radius 2 is 1.85 bits per heavy atom. The van der Waals surface area contributed by atoms with Crippen LogP contribution in [0.3, 0.4) is 0 Å². The summed E-state index contributed by atoms with van der Waals surface area (Å²) >= 11 is 1.14. The minimum absolute atomic E-state index is 0.0374. The van der Waals surface area contributed by atoms with Crippen molar-refractivity contribution in [2.45, 2.75) is 52.7 Å². The Bertz CT molecular complexity index is 634.